The highest BCUT2D eigenvalue weighted by Gasteiger charge is 2.39. The first kappa shape index (κ1) is 16.6. The summed E-state index contributed by atoms with van der Waals surface area (Å²) < 4.78 is 0. The van der Waals surface area contributed by atoms with Gasteiger partial charge in [-0.05, 0) is 69.0 Å². The molecular formula is C20H26N2O3. The Kier molecular flexibility index (Phi) is 4.50. The van der Waals surface area contributed by atoms with Crippen molar-refractivity contribution in [2.45, 2.75) is 50.5 Å². The number of piperidine rings is 1. The molecule has 0 aromatic heterocycles. The number of likely N-dealkylation sites (tertiary alicyclic amines) is 2. The van der Waals surface area contributed by atoms with Gasteiger partial charge in [0.1, 0.15) is 5.75 Å². The molecule has 25 heavy (non-hydrogen) atoms. The fourth-order valence-corrected chi connectivity index (χ4v) is 4.66. The van der Waals surface area contributed by atoms with Crippen molar-refractivity contribution in [3.8, 4) is 5.75 Å². The molecule has 0 saturated carbocycles. The van der Waals surface area contributed by atoms with Crippen molar-refractivity contribution < 1.29 is 14.7 Å². The van der Waals surface area contributed by atoms with E-state index in [1.54, 1.807) is 12.1 Å². The van der Waals surface area contributed by atoms with Crippen LogP contribution in [0.2, 0.25) is 0 Å². The molecule has 5 nitrogen and oxygen atoms in total. The molecule has 1 amide bonds. The standard InChI is InChI=1S/C20H26N2O3/c23-15-6-7-16-17(11-15)18(12-19(16)24)20(25)22-10-2-1-5-14(22)13-21-8-3-4-9-21/h6-7,11,14,18,23H,1-5,8-10,12-13H2. The van der Waals surface area contributed by atoms with Crippen LogP contribution in [0.1, 0.15) is 60.4 Å². The molecule has 1 aromatic rings. The number of phenolic OH excluding ortho intramolecular Hbond substituents is 1. The topological polar surface area (TPSA) is 60.9 Å². The highest BCUT2D eigenvalue weighted by atomic mass is 16.3. The molecule has 2 saturated heterocycles. The van der Waals surface area contributed by atoms with E-state index in [-0.39, 0.29) is 29.9 Å². The molecule has 5 heteroatoms. The van der Waals surface area contributed by atoms with E-state index >= 15 is 0 Å². The van der Waals surface area contributed by atoms with E-state index in [1.165, 1.54) is 25.3 Å². The quantitative estimate of drug-likeness (QED) is 0.917. The second kappa shape index (κ2) is 6.79. The monoisotopic (exact) mass is 342 g/mol. The summed E-state index contributed by atoms with van der Waals surface area (Å²) in [5, 5.41) is 9.79. The Bertz CT molecular complexity index is 682. The van der Waals surface area contributed by atoms with E-state index in [0.717, 1.165) is 39.0 Å². The largest absolute Gasteiger partial charge is 0.508 e. The smallest absolute Gasteiger partial charge is 0.230 e. The van der Waals surface area contributed by atoms with E-state index < -0.39 is 5.92 Å². The molecule has 2 fully saturated rings. The Morgan fingerprint density at radius 3 is 2.68 bits per heavy atom. The van der Waals surface area contributed by atoms with Crippen molar-refractivity contribution in [1.82, 2.24) is 9.80 Å². The van der Waals surface area contributed by atoms with Crippen LogP contribution in [0.5, 0.6) is 5.75 Å². The number of fused-ring (bicyclic) bond motifs is 1. The van der Waals surface area contributed by atoms with Gasteiger partial charge in [-0.3, -0.25) is 9.59 Å². The van der Waals surface area contributed by atoms with Crippen LogP contribution < -0.4 is 0 Å². The normalized spacial score (nSPS) is 26.9. The second-order valence-electron chi connectivity index (χ2n) is 7.64. The van der Waals surface area contributed by atoms with Gasteiger partial charge in [0, 0.05) is 31.1 Å². The van der Waals surface area contributed by atoms with E-state index in [0.29, 0.717) is 11.1 Å². The summed E-state index contributed by atoms with van der Waals surface area (Å²) in [4.78, 5) is 30.0. The Morgan fingerprint density at radius 2 is 1.88 bits per heavy atom. The molecule has 2 unspecified atom stereocenters. The first-order valence-corrected chi connectivity index (χ1v) is 9.52. The van der Waals surface area contributed by atoms with Crippen LogP contribution in [0, 0.1) is 0 Å². The summed E-state index contributed by atoms with van der Waals surface area (Å²) in [7, 11) is 0. The molecule has 4 rings (SSSR count). The van der Waals surface area contributed by atoms with Crippen LogP contribution in [0.3, 0.4) is 0 Å². The zero-order valence-corrected chi connectivity index (χ0v) is 14.6. The average Bonchev–Trinajstić information content (AvgIpc) is 3.23. The van der Waals surface area contributed by atoms with Gasteiger partial charge in [-0.25, -0.2) is 0 Å². The maximum absolute atomic E-state index is 13.3. The molecule has 0 radical (unpaired) electrons. The van der Waals surface area contributed by atoms with Gasteiger partial charge in [-0.15, -0.1) is 0 Å². The third-order valence-corrected chi connectivity index (χ3v) is 5.98. The number of benzene rings is 1. The minimum Gasteiger partial charge on any atom is -0.508 e. The Hall–Kier alpha value is -1.88. The van der Waals surface area contributed by atoms with Crippen LogP contribution in [0.25, 0.3) is 0 Å². The number of Topliss-reactive ketones (excluding diaryl/α,β-unsaturated/α-hetero) is 1. The molecule has 2 heterocycles. The molecule has 134 valence electrons. The predicted octanol–water partition coefficient (Wildman–Crippen LogP) is 2.54. The number of hydrogen-bond acceptors (Lipinski definition) is 4. The van der Waals surface area contributed by atoms with Gasteiger partial charge < -0.3 is 14.9 Å². The predicted molar refractivity (Wildman–Crippen MR) is 94.8 cm³/mol. The van der Waals surface area contributed by atoms with Gasteiger partial charge in [0.05, 0.1) is 5.92 Å². The summed E-state index contributed by atoms with van der Waals surface area (Å²) in [5.74, 6) is -0.213. The van der Waals surface area contributed by atoms with Crippen LogP contribution in [0.4, 0.5) is 0 Å². The van der Waals surface area contributed by atoms with Gasteiger partial charge in [-0.1, -0.05) is 0 Å². The number of carbonyl (C=O) groups is 2. The average molecular weight is 342 g/mol. The van der Waals surface area contributed by atoms with E-state index in [2.05, 4.69) is 4.90 Å². The molecule has 1 aromatic carbocycles. The number of aromatic hydroxyl groups is 1. The van der Waals surface area contributed by atoms with E-state index in [4.69, 9.17) is 0 Å². The van der Waals surface area contributed by atoms with Crippen LogP contribution in [0.15, 0.2) is 18.2 Å². The first-order chi connectivity index (χ1) is 12.1. The van der Waals surface area contributed by atoms with Crippen LogP contribution >= 0.6 is 0 Å². The molecular weight excluding hydrogens is 316 g/mol. The third-order valence-electron chi connectivity index (χ3n) is 5.98. The number of amides is 1. The SMILES string of the molecule is O=C1CC(C(=O)N2CCCCC2CN2CCCC2)c2cc(O)ccc21. The highest BCUT2D eigenvalue weighted by Crippen LogP contribution is 2.37. The summed E-state index contributed by atoms with van der Waals surface area (Å²) >= 11 is 0. The molecule has 2 aliphatic heterocycles. The summed E-state index contributed by atoms with van der Waals surface area (Å²) in [5.41, 5.74) is 1.31. The Labute approximate surface area is 148 Å². The van der Waals surface area contributed by atoms with Gasteiger partial charge in [-0.2, -0.15) is 0 Å². The van der Waals surface area contributed by atoms with Gasteiger partial charge >= 0.3 is 0 Å². The second-order valence-corrected chi connectivity index (χ2v) is 7.64. The molecule has 1 aliphatic carbocycles. The fourth-order valence-electron chi connectivity index (χ4n) is 4.66. The lowest BCUT2D eigenvalue weighted by Gasteiger charge is -2.39. The van der Waals surface area contributed by atoms with E-state index in [9.17, 15) is 14.7 Å². The van der Waals surface area contributed by atoms with E-state index in [1.807, 2.05) is 4.90 Å². The zero-order valence-electron chi connectivity index (χ0n) is 14.6. The number of ketones is 1. The van der Waals surface area contributed by atoms with Crippen molar-refractivity contribution in [2.75, 3.05) is 26.2 Å². The highest BCUT2D eigenvalue weighted by molar-refractivity contribution is 6.07. The lowest BCUT2D eigenvalue weighted by molar-refractivity contribution is -0.136. The lowest BCUT2D eigenvalue weighted by Crippen LogP contribution is -2.50. The van der Waals surface area contributed by atoms with Crippen molar-refractivity contribution in [2.24, 2.45) is 0 Å². The summed E-state index contributed by atoms with van der Waals surface area (Å²) in [6.45, 7) is 4.02. The Morgan fingerprint density at radius 1 is 1.12 bits per heavy atom. The number of phenols is 1. The first-order valence-electron chi connectivity index (χ1n) is 9.52. The molecule has 0 bridgehead atoms. The van der Waals surface area contributed by atoms with Crippen molar-refractivity contribution in [1.29, 1.82) is 0 Å². The summed E-state index contributed by atoms with van der Waals surface area (Å²) in [6, 6.07) is 5.04. The molecule has 1 N–H and O–H groups in total. The third kappa shape index (κ3) is 3.17. The maximum Gasteiger partial charge on any atom is 0.230 e. The lowest BCUT2D eigenvalue weighted by atomic mass is 9.95. The van der Waals surface area contributed by atoms with Crippen molar-refractivity contribution in [3.05, 3.63) is 29.3 Å². The minimum absolute atomic E-state index is 0.0152. The fraction of sp³-hybridized carbons (Fsp3) is 0.600. The Balaban J connectivity index is 1.55. The molecule has 2 atom stereocenters. The van der Waals surface area contributed by atoms with Gasteiger partial charge in [0.15, 0.2) is 5.78 Å². The van der Waals surface area contributed by atoms with Gasteiger partial charge in [0.2, 0.25) is 5.91 Å². The van der Waals surface area contributed by atoms with Gasteiger partial charge in [0.25, 0.3) is 0 Å². The number of hydrogen-bond donors (Lipinski definition) is 1. The number of nitrogens with zero attached hydrogens (tertiary/aromatic N) is 2. The number of carbonyl (C=O) groups excluding carboxylic acids is 2. The maximum atomic E-state index is 13.3. The zero-order chi connectivity index (χ0) is 17.4. The molecule has 0 spiro atoms. The van der Waals surface area contributed by atoms with Crippen LogP contribution in [-0.4, -0.2) is 58.8 Å². The number of rotatable bonds is 3. The van der Waals surface area contributed by atoms with Crippen molar-refractivity contribution >= 4 is 11.7 Å². The molecule has 3 aliphatic rings. The van der Waals surface area contributed by atoms with Crippen molar-refractivity contribution in [3.63, 3.8) is 0 Å². The summed E-state index contributed by atoms with van der Waals surface area (Å²) in [6.07, 6.45) is 6.01. The van der Waals surface area contributed by atoms with Crippen LogP contribution in [-0.2, 0) is 4.79 Å². The minimum atomic E-state index is -0.422.